The maximum Gasteiger partial charge on any atom is 0.279 e. The van der Waals surface area contributed by atoms with Crippen molar-refractivity contribution in [1.29, 1.82) is 0 Å². The Morgan fingerprint density at radius 2 is 1.93 bits per heavy atom. The van der Waals surface area contributed by atoms with Gasteiger partial charge in [0.15, 0.2) is 12.3 Å². The second-order valence-corrected chi connectivity index (χ2v) is 8.41. The van der Waals surface area contributed by atoms with Crippen LogP contribution in [0.3, 0.4) is 0 Å². The highest BCUT2D eigenvalue weighted by molar-refractivity contribution is 7.89. The summed E-state index contributed by atoms with van der Waals surface area (Å²) < 4.78 is 32.3. The van der Waals surface area contributed by atoms with Crippen molar-refractivity contribution in [3.63, 3.8) is 0 Å². The molecular formula is C19H28N3O4S+. The monoisotopic (exact) mass is 394 g/mol. The normalized spacial score (nSPS) is 12.9. The first kappa shape index (κ1) is 21.1. The number of quaternary nitrogens is 1. The minimum atomic E-state index is -3.58. The third-order valence-electron chi connectivity index (χ3n) is 4.31. The van der Waals surface area contributed by atoms with Gasteiger partial charge < -0.3 is 14.6 Å². The first-order chi connectivity index (χ1) is 12.8. The Morgan fingerprint density at radius 3 is 2.52 bits per heavy atom. The van der Waals surface area contributed by atoms with Crippen LogP contribution in [0, 0.1) is 6.92 Å². The number of hydrogen-bond donors (Lipinski definition) is 2. The molecule has 148 valence electrons. The molecule has 0 saturated heterocycles. The molecule has 0 aliphatic rings. The molecule has 2 N–H and O–H groups in total. The first-order valence-corrected chi connectivity index (χ1v) is 10.5. The van der Waals surface area contributed by atoms with Gasteiger partial charge in [-0.3, -0.25) is 4.79 Å². The highest BCUT2D eigenvalue weighted by Crippen LogP contribution is 2.23. The van der Waals surface area contributed by atoms with Crippen molar-refractivity contribution in [2.45, 2.75) is 32.2 Å². The van der Waals surface area contributed by atoms with E-state index in [0.717, 1.165) is 10.7 Å². The molecule has 1 unspecified atom stereocenters. The second-order valence-electron chi connectivity index (χ2n) is 6.51. The van der Waals surface area contributed by atoms with Gasteiger partial charge in [-0.25, -0.2) is 8.42 Å². The van der Waals surface area contributed by atoms with Crippen molar-refractivity contribution >= 4 is 21.6 Å². The summed E-state index contributed by atoms with van der Waals surface area (Å²) in [6.45, 7) is 7.00. The van der Waals surface area contributed by atoms with Gasteiger partial charge >= 0.3 is 0 Å². The topological polar surface area (TPSA) is 84.1 Å². The standard InChI is InChI=1S/C19H27N3O4S/c1-5-22(6-2)27(24,25)18-12-16(10-9-15(18)3)20-19(23)14-21(4)13-17-8-7-11-26-17/h7-12H,5-6,13-14H2,1-4H3,(H,20,23)/p+1. The van der Waals surface area contributed by atoms with E-state index in [1.54, 1.807) is 39.2 Å². The summed E-state index contributed by atoms with van der Waals surface area (Å²) in [6.07, 6.45) is 1.60. The summed E-state index contributed by atoms with van der Waals surface area (Å²) in [4.78, 5) is 13.5. The lowest BCUT2D eigenvalue weighted by Gasteiger charge is -2.20. The summed E-state index contributed by atoms with van der Waals surface area (Å²) in [5, 5.41) is 2.79. The van der Waals surface area contributed by atoms with Gasteiger partial charge in [-0.15, -0.1) is 0 Å². The molecule has 1 aromatic carbocycles. The number of nitrogens with zero attached hydrogens (tertiary/aromatic N) is 1. The number of likely N-dealkylation sites (N-methyl/N-ethyl adjacent to an activating group) is 1. The Hall–Kier alpha value is -2.16. The van der Waals surface area contributed by atoms with Gasteiger partial charge in [0, 0.05) is 18.8 Å². The van der Waals surface area contributed by atoms with Gasteiger partial charge in [0.25, 0.3) is 5.91 Å². The molecule has 1 atom stereocenters. The van der Waals surface area contributed by atoms with Crippen LogP contribution in [0.25, 0.3) is 0 Å². The molecule has 27 heavy (non-hydrogen) atoms. The summed E-state index contributed by atoms with van der Waals surface area (Å²) in [7, 11) is -1.69. The zero-order chi connectivity index (χ0) is 20.0. The van der Waals surface area contributed by atoms with Crippen molar-refractivity contribution in [2.24, 2.45) is 0 Å². The Morgan fingerprint density at radius 1 is 1.22 bits per heavy atom. The van der Waals surface area contributed by atoms with E-state index in [4.69, 9.17) is 4.42 Å². The van der Waals surface area contributed by atoms with Gasteiger partial charge in [-0.2, -0.15) is 4.31 Å². The molecule has 1 heterocycles. The Balaban J connectivity index is 2.10. The molecule has 2 aromatic rings. The van der Waals surface area contributed by atoms with Crippen molar-refractivity contribution in [2.75, 3.05) is 32.0 Å². The van der Waals surface area contributed by atoms with Gasteiger partial charge in [0.1, 0.15) is 6.54 Å². The highest BCUT2D eigenvalue weighted by Gasteiger charge is 2.24. The number of carbonyl (C=O) groups is 1. The number of furan rings is 1. The number of rotatable bonds is 9. The smallest absolute Gasteiger partial charge is 0.279 e. The Kier molecular flexibility index (Phi) is 7.18. The number of nitrogens with one attached hydrogen (secondary N) is 2. The Bertz CT molecular complexity index is 859. The van der Waals surface area contributed by atoms with Gasteiger partial charge in [-0.05, 0) is 36.8 Å². The van der Waals surface area contributed by atoms with Gasteiger partial charge in [0.2, 0.25) is 10.0 Å². The summed E-state index contributed by atoms with van der Waals surface area (Å²) in [6, 6.07) is 8.64. The van der Waals surface area contributed by atoms with E-state index < -0.39 is 10.0 Å². The minimum Gasteiger partial charge on any atom is -0.463 e. The van der Waals surface area contributed by atoms with Crippen molar-refractivity contribution in [3.05, 3.63) is 47.9 Å². The molecule has 0 bridgehead atoms. The van der Waals surface area contributed by atoms with E-state index in [0.29, 0.717) is 30.9 Å². The van der Waals surface area contributed by atoms with Crippen molar-refractivity contribution in [1.82, 2.24) is 4.31 Å². The fourth-order valence-electron chi connectivity index (χ4n) is 2.91. The maximum absolute atomic E-state index is 12.8. The van der Waals surface area contributed by atoms with E-state index in [-0.39, 0.29) is 17.3 Å². The quantitative estimate of drug-likeness (QED) is 0.671. The molecule has 2 rings (SSSR count). The number of hydrogen-bond acceptors (Lipinski definition) is 4. The third kappa shape index (κ3) is 5.41. The third-order valence-corrected chi connectivity index (χ3v) is 6.51. The van der Waals surface area contributed by atoms with Crippen molar-refractivity contribution < 1.29 is 22.5 Å². The maximum atomic E-state index is 12.8. The largest absolute Gasteiger partial charge is 0.463 e. The number of benzene rings is 1. The van der Waals surface area contributed by atoms with E-state index in [2.05, 4.69) is 5.32 Å². The van der Waals surface area contributed by atoms with Crippen LogP contribution in [-0.4, -0.2) is 45.3 Å². The minimum absolute atomic E-state index is 0.186. The van der Waals surface area contributed by atoms with Gasteiger partial charge in [0.05, 0.1) is 18.2 Å². The fraction of sp³-hybridized carbons (Fsp3) is 0.421. The highest BCUT2D eigenvalue weighted by atomic mass is 32.2. The van der Waals surface area contributed by atoms with Crippen LogP contribution >= 0.6 is 0 Å². The number of anilines is 1. The van der Waals surface area contributed by atoms with Crippen molar-refractivity contribution in [3.8, 4) is 0 Å². The molecule has 8 heteroatoms. The second kappa shape index (κ2) is 9.16. The SMILES string of the molecule is CCN(CC)S(=O)(=O)c1cc(NC(=O)C[NH+](C)Cc2ccco2)ccc1C. The molecule has 0 aliphatic carbocycles. The van der Waals surface area contributed by atoms with E-state index in [1.807, 2.05) is 19.2 Å². The molecule has 0 fully saturated rings. The summed E-state index contributed by atoms with van der Waals surface area (Å²) >= 11 is 0. The van der Waals surface area contributed by atoms with Gasteiger partial charge in [-0.1, -0.05) is 19.9 Å². The summed E-state index contributed by atoms with van der Waals surface area (Å²) in [5.74, 6) is 0.623. The van der Waals surface area contributed by atoms with Crippen LogP contribution in [-0.2, 0) is 21.4 Å². The fourth-order valence-corrected chi connectivity index (χ4v) is 4.62. The number of amides is 1. The molecule has 0 spiro atoms. The zero-order valence-corrected chi connectivity index (χ0v) is 17.1. The number of carbonyl (C=O) groups excluding carboxylic acids is 1. The van der Waals surface area contributed by atoms with Crippen LogP contribution in [0.2, 0.25) is 0 Å². The molecule has 0 saturated carbocycles. The lowest BCUT2D eigenvalue weighted by molar-refractivity contribution is -0.886. The molecule has 0 aliphatic heterocycles. The van der Waals surface area contributed by atoms with E-state index >= 15 is 0 Å². The predicted molar refractivity (Wildman–Crippen MR) is 104 cm³/mol. The average Bonchev–Trinajstić information content (AvgIpc) is 3.09. The Labute approximate surface area is 161 Å². The predicted octanol–water partition coefficient (Wildman–Crippen LogP) is 1.27. The zero-order valence-electron chi connectivity index (χ0n) is 16.3. The lowest BCUT2D eigenvalue weighted by atomic mass is 10.2. The van der Waals surface area contributed by atoms with E-state index in [1.165, 1.54) is 10.4 Å². The van der Waals surface area contributed by atoms with Crippen LogP contribution in [0.5, 0.6) is 0 Å². The number of sulfonamides is 1. The van der Waals surface area contributed by atoms with Crippen LogP contribution in [0.4, 0.5) is 5.69 Å². The van der Waals surface area contributed by atoms with E-state index in [9.17, 15) is 13.2 Å². The van der Waals surface area contributed by atoms with Crippen LogP contribution in [0.1, 0.15) is 25.2 Å². The molecule has 7 nitrogen and oxygen atoms in total. The average molecular weight is 395 g/mol. The first-order valence-electron chi connectivity index (χ1n) is 9.02. The summed E-state index contributed by atoms with van der Waals surface area (Å²) in [5.41, 5.74) is 1.13. The molecular weight excluding hydrogens is 366 g/mol. The van der Waals surface area contributed by atoms with Crippen LogP contribution < -0.4 is 10.2 Å². The number of aryl methyl sites for hydroxylation is 1. The molecule has 1 aromatic heterocycles. The lowest BCUT2D eigenvalue weighted by Crippen LogP contribution is -3.08. The molecule has 0 radical (unpaired) electrons. The molecule has 1 amide bonds. The van der Waals surface area contributed by atoms with Crippen LogP contribution in [0.15, 0.2) is 45.9 Å².